The van der Waals surface area contributed by atoms with E-state index in [9.17, 15) is 14.0 Å². The molecule has 0 saturated carbocycles. The van der Waals surface area contributed by atoms with E-state index in [0.717, 1.165) is 24.8 Å². The SMILES string of the molecule is Cc1[nH]c(=O)c(C(=O)N2CCC(Cc3ccc(F)cc3)CC2)c(C)c1Cl. The molecule has 6 heteroatoms. The molecule has 0 bridgehead atoms. The maximum Gasteiger partial charge on any atom is 0.261 e. The molecular weight excluding hydrogens is 355 g/mol. The summed E-state index contributed by atoms with van der Waals surface area (Å²) in [5.41, 5.74) is 1.96. The van der Waals surface area contributed by atoms with E-state index in [4.69, 9.17) is 11.6 Å². The Morgan fingerprint density at radius 2 is 1.85 bits per heavy atom. The molecule has 0 radical (unpaired) electrons. The number of nitrogens with one attached hydrogen (secondary N) is 1. The van der Waals surface area contributed by atoms with Crippen LogP contribution in [0.1, 0.15) is 40.0 Å². The summed E-state index contributed by atoms with van der Waals surface area (Å²) in [5, 5.41) is 0.430. The second kappa shape index (κ2) is 7.62. The van der Waals surface area contributed by atoms with Crippen molar-refractivity contribution in [2.75, 3.05) is 13.1 Å². The lowest BCUT2D eigenvalue weighted by atomic mass is 9.90. The van der Waals surface area contributed by atoms with Gasteiger partial charge in [-0.25, -0.2) is 4.39 Å². The Kier molecular flexibility index (Phi) is 5.47. The number of piperidine rings is 1. The molecule has 0 aliphatic carbocycles. The minimum Gasteiger partial charge on any atom is -0.338 e. The third-order valence-corrected chi connectivity index (χ3v) is 5.68. The van der Waals surface area contributed by atoms with E-state index in [-0.39, 0.29) is 22.8 Å². The summed E-state index contributed by atoms with van der Waals surface area (Å²) in [5.74, 6) is -0.0390. The number of likely N-dealkylation sites (tertiary alicyclic amines) is 1. The van der Waals surface area contributed by atoms with Crippen molar-refractivity contribution in [2.24, 2.45) is 5.92 Å². The first-order valence-corrected chi connectivity index (χ1v) is 9.17. The lowest BCUT2D eigenvalue weighted by Crippen LogP contribution is -2.41. The summed E-state index contributed by atoms with van der Waals surface area (Å²) in [4.78, 5) is 29.4. The van der Waals surface area contributed by atoms with Crippen molar-refractivity contribution in [3.05, 3.63) is 67.8 Å². The van der Waals surface area contributed by atoms with Gasteiger partial charge in [0.15, 0.2) is 0 Å². The van der Waals surface area contributed by atoms with Crippen LogP contribution in [0.15, 0.2) is 29.1 Å². The van der Waals surface area contributed by atoms with Crippen LogP contribution in [0, 0.1) is 25.6 Å². The molecule has 0 unspecified atom stereocenters. The van der Waals surface area contributed by atoms with Gasteiger partial charge in [0.25, 0.3) is 11.5 Å². The van der Waals surface area contributed by atoms with Crippen molar-refractivity contribution in [1.82, 2.24) is 9.88 Å². The van der Waals surface area contributed by atoms with Gasteiger partial charge in [0.1, 0.15) is 11.4 Å². The summed E-state index contributed by atoms with van der Waals surface area (Å²) < 4.78 is 13.0. The number of hydrogen-bond acceptors (Lipinski definition) is 2. The van der Waals surface area contributed by atoms with Gasteiger partial charge >= 0.3 is 0 Å². The fraction of sp³-hybridized carbons (Fsp3) is 0.400. The zero-order chi connectivity index (χ0) is 18.8. The van der Waals surface area contributed by atoms with E-state index in [0.29, 0.717) is 35.3 Å². The van der Waals surface area contributed by atoms with Gasteiger partial charge in [0.2, 0.25) is 0 Å². The molecule has 1 aliphatic rings. The standard InChI is InChI=1S/C20H22ClFN2O2/c1-12-17(19(25)23-13(2)18(12)21)20(26)24-9-7-15(8-10-24)11-14-3-5-16(22)6-4-14/h3-6,15H,7-11H2,1-2H3,(H,23,25). The smallest absolute Gasteiger partial charge is 0.261 e. The number of H-pyrrole nitrogens is 1. The summed E-state index contributed by atoms with van der Waals surface area (Å²) >= 11 is 6.19. The van der Waals surface area contributed by atoms with E-state index < -0.39 is 0 Å². The Morgan fingerprint density at radius 1 is 1.23 bits per heavy atom. The minimum atomic E-state index is -0.386. The van der Waals surface area contributed by atoms with E-state index in [1.54, 1.807) is 18.7 Å². The Bertz CT molecular complexity index is 869. The number of carbonyl (C=O) groups is 1. The predicted molar refractivity (Wildman–Crippen MR) is 100 cm³/mol. The van der Waals surface area contributed by atoms with Crippen molar-refractivity contribution in [3.8, 4) is 0 Å². The molecule has 1 aromatic heterocycles. The quantitative estimate of drug-likeness (QED) is 0.883. The van der Waals surface area contributed by atoms with Crippen molar-refractivity contribution in [1.29, 1.82) is 0 Å². The van der Waals surface area contributed by atoms with Crippen molar-refractivity contribution in [3.63, 3.8) is 0 Å². The highest BCUT2D eigenvalue weighted by atomic mass is 35.5. The van der Waals surface area contributed by atoms with Crippen LogP contribution in [0.3, 0.4) is 0 Å². The lowest BCUT2D eigenvalue weighted by Gasteiger charge is -2.32. The van der Waals surface area contributed by atoms with Crippen LogP contribution in [-0.2, 0) is 6.42 Å². The Morgan fingerprint density at radius 3 is 2.46 bits per heavy atom. The van der Waals surface area contributed by atoms with Crippen LogP contribution >= 0.6 is 11.6 Å². The monoisotopic (exact) mass is 376 g/mol. The maximum absolute atomic E-state index is 13.0. The van der Waals surface area contributed by atoms with Crippen LogP contribution in [0.2, 0.25) is 5.02 Å². The third-order valence-electron chi connectivity index (χ3n) is 5.11. The Labute approximate surface area is 157 Å². The van der Waals surface area contributed by atoms with Gasteiger partial charge in [0.05, 0.1) is 5.02 Å². The first-order chi connectivity index (χ1) is 12.4. The number of carbonyl (C=O) groups excluding carboxylic acids is 1. The molecular formula is C20H22ClFN2O2. The molecule has 1 N–H and O–H groups in total. The molecule has 138 valence electrons. The van der Waals surface area contributed by atoms with Gasteiger partial charge in [-0.1, -0.05) is 23.7 Å². The third kappa shape index (κ3) is 3.83. The normalized spacial score (nSPS) is 15.3. The molecule has 26 heavy (non-hydrogen) atoms. The number of aromatic nitrogens is 1. The van der Waals surface area contributed by atoms with Crippen molar-refractivity contribution < 1.29 is 9.18 Å². The number of aryl methyl sites for hydroxylation is 1. The van der Waals surface area contributed by atoms with E-state index in [2.05, 4.69) is 4.98 Å². The molecule has 1 aromatic carbocycles. The largest absolute Gasteiger partial charge is 0.338 e. The minimum absolute atomic E-state index is 0.137. The molecule has 2 heterocycles. The van der Waals surface area contributed by atoms with E-state index >= 15 is 0 Å². The molecule has 1 aliphatic heterocycles. The predicted octanol–water partition coefficient (Wildman–Crippen LogP) is 3.88. The number of nitrogens with zero attached hydrogens (tertiary/aromatic N) is 1. The molecule has 3 rings (SSSR count). The van der Waals surface area contributed by atoms with Crippen LogP contribution < -0.4 is 5.56 Å². The topological polar surface area (TPSA) is 53.2 Å². The van der Waals surface area contributed by atoms with Crippen LogP contribution in [0.4, 0.5) is 4.39 Å². The summed E-state index contributed by atoms with van der Waals surface area (Å²) in [6.07, 6.45) is 2.59. The van der Waals surface area contributed by atoms with Gasteiger partial charge < -0.3 is 9.88 Å². The average molecular weight is 377 g/mol. The second-order valence-corrected chi connectivity index (χ2v) is 7.34. The summed E-state index contributed by atoms with van der Waals surface area (Å²) in [6.45, 7) is 4.63. The number of amides is 1. The number of pyridine rings is 1. The number of benzene rings is 1. The van der Waals surface area contributed by atoms with Gasteiger partial charge in [-0.15, -0.1) is 0 Å². The van der Waals surface area contributed by atoms with Crippen molar-refractivity contribution >= 4 is 17.5 Å². The van der Waals surface area contributed by atoms with Crippen LogP contribution in [0.25, 0.3) is 0 Å². The van der Waals surface area contributed by atoms with Crippen LogP contribution in [-0.4, -0.2) is 28.9 Å². The van der Waals surface area contributed by atoms with E-state index in [1.165, 1.54) is 12.1 Å². The molecule has 1 amide bonds. The molecule has 0 atom stereocenters. The van der Waals surface area contributed by atoms with Gasteiger partial charge in [-0.05, 0) is 62.3 Å². The second-order valence-electron chi connectivity index (χ2n) is 6.96. The van der Waals surface area contributed by atoms with Crippen LogP contribution in [0.5, 0.6) is 0 Å². The molecule has 1 fully saturated rings. The molecule has 1 saturated heterocycles. The zero-order valence-corrected chi connectivity index (χ0v) is 15.7. The summed E-state index contributed by atoms with van der Waals surface area (Å²) in [7, 11) is 0. The summed E-state index contributed by atoms with van der Waals surface area (Å²) in [6, 6.07) is 6.57. The van der Waals surface area contributed by atoms with Gasteiger partial charge in [-0.2, -0.15) is 0 Å². The Balaban J connectivity index is 1.67. The first-order valence-electron chi connectivity index (χ1n) is 8.79. The Hall–Kier alpha value is -2.14. The molecule has 0 spiro atoms. The van der Waals surface area contributed by atoms with Crippen molar-refractivity contribution in [2.45, 2.75) is 33.1 Å². The zero-order valence-electron chi connectivity index (χ0n) is 14.9. The number of hydrogen-bond donors (Lipinski definition) is 1. The number of halogens is 2. The molecule has 2 aromatic rings. The molecule has 4 nitrogen and oxygen atoms in total. The number of rotatable bonds is 3. The van der Waals surface area contributed by atoms with Gasteiger partial charge in [0, 0.05) is 18.8 Å². The highest BCUT2D eigenvalue weighted by Gasteiger charge is 2.27. The first kappa shape index (κ1) is 18.6. The number of aromatic amines is 1. The highest BCUT2D eigenvalue weighted by molar-refractivity contribution is 6.32. The highest BCUT2D eigenvalue weighted by Crippen LogP contribution is 2.25. The lowest BCUT2D eigenvalue weighted by molar-refractivity contribution is 0.0688. The average Bonchev–Trinajstić information content (AvgIpc) is 2.62. The fourth-order valence-electron chi connectivity index (χ4n) is 3.56. The van der Waals surface area contributed by atoms with Gasteiger partial charge in [-0.3, -0.25) is 9.59 Å². The fourth-order valence-corrected chi connectivity index (χ4v) is 3.70. The van der Waals surface area contributed by atoms with E-state index in [1.807, 2.05) is 12.1 Å². The maximum atomic E-state index is 13.0.